The van der Waals surface area contributed by atoms with E-state index in [0.717, 1.165) is 5.56 Å². The predicted molar refractivity (Wildman–Crippen MR) is 58.8 cm³/mol. The number of nitrogens with two attached hydrogens (primary N) is 1. The summed E-state index contributed by atoms with van der Waals surface area (Å²) >= 11 is 0. The third-order valence-corrected chi connectivity index (χ3v) is 2.08. The van der Waals surface area contributed by atoms with Crippen LogP contribution in [0.25, 0.3) is 6.08 Å². The molecule has 1 aromatic rings. The van der Waals surface area contributed by atoms with Crippen molar-refractivity contribution in [2.24, 2.45) is 5.73 Å². The quantitative estimate of drug-likeness (QED) is 0.710. The van der Waals surface area contributed by atoms with Gasteiger partial charge in [-0.1, -0.05) is 6.07 Å². The highest BCUT2D eigenvalue weighted by Gasteiger charge is 2.15. The van der Waals surface area contributed by atoms with Crippen molar-refractivity contribution < 1.29 is 14.3 Å². The monoisotopic (exact) mass is 218 g/mol. The minimum Gasteiger partial charge on any atom is -0.482 e. The summed E-state index contributed by atoms with van der Waals surface area (Å²) in [5, 5.41) is 2.67. The summed E-state index contributed by atoms with van der Waals surface area (Å²) in [4.78, 5) is 21.6. The van der Waals surface area contributed by atoms with Gasteiger partial charge in [0.25, 0.3) is 5.91 Å². The number of fused-ring (bicyclic) bond motifs is 1. The Kier molecular flexibility index (Phi) is 2.59. The maximum Gasteiger partial charge on any atom is 0.262 e. The molecule has 0 atom stereocenters. The van der Waals surface area contributed by atoms with Crippen molar-refractivity contribution in [3.63, 3.8) is 0 Å². The minimum absolute atomic E-state index is 0.0312. The van der Waals surface area contributed by atoms with Crippen LogP contribution >= 0.6 is 0 Å². The molecule has 0 aliphatic carbocycles. The number of rotatable bonds is 2. The van der Waals surface area contributed by atoms with Crippen molar-refractivity contribution in [2.45, 2.75) is 0 Å². The molecule has 5 heteroatoms. The number of amides is 2. The Morgan fingerprint density at radius 1 is 1.50 bits per heavy atom. The predicted octanol–water partition coefficient (Wildman–Crippen LogP) is 0.516. The number of anilines is 1. The highest BCUT2D eigenvalue weighted by molar-refractivity contribution is 5.96. The van der Waals surface area contributed by atoms with Gasteiger partial charge in [-0.3, -0.25) is 9.59 Å². The zero-order chi connectivity index (χ0) is 11.5. The first-order valence-corrected chi connectivity index (χ1v) is 4.69. The third kappa shape index (κ3) is 2.20. The van der Waals surface area contributed by atoms with Gasteiger partial charge in [0.15, 0.2) is 6.61 Å². The zero-order valence-corrected chi connectivity index (χ0v) is 8.40. The number of carbonyl (C=O) groups excluding carboxylic acids is 2. The molecule has 0 unspecified atom stereocenters. The number of nitrogens with one attached hydrogen (secondary N) is 1. The normalized spacial score (nSPS) is 14.1. The lowest BCUT2D eigenvalue weighted by Crippen LogP contribution is -2.25. The van der Waals surface area contributed by atoms with E-state index in [0.29, 0.717) is 11.4 Å². The van der Waals surface area contributed by atoms with Crippen molar-refractivity contribution in [1.82, 2.24) is 0 Å². The summed E-state index contributed by atoms with van der Waals surface area (Å²) in [7, 11) is 0. The first-order valence-electron chi connectivity index (χ1n) is 4.69. The van der Waals surface area contributed by atoms with Crippen molar-refractivity contribution in [1.29, 1.82) is 0 Å². The van der Waals surface area contributed by atoms with Gasteiger partial charge < -0.3 is 15.8 Å². The Hall–Kier alpha value is -2.30. The average Bonchev–Trinajstić information content (AvgIpc) is 2.25. The molecule has 2 rings (SSSR count). The van der Waals surface area contributed by atoms with E-state index in [1.54, 1.807) is 24.3 Å². The van der Waals surface area contributed by atoms with Crippen LogP contribution in [0.1, 0.15) is 5.56 Å². The van der Waals surface area contributed by atoms with Gasteiger partial charge in [-0.05, 0) is 23.8 Å². The van der Waals surface area contributed by atoms with E-state index in [1.807, 2.05) is 0 Å². The van der Waals surface area contributed by atoms with Crippen LogP contribution in [0.15, 0.2) is 24.3 Å². The second kappa shape index (κ2) is 4.06. The molecular formula is C11H10N2O3. The molecule has 0 aromatic heterocycles. The SMILES string of the molecule is NC(=O)C=Cc1ccc2c(c1)NC(=O)CO2. The topological polar surface area (TPSA) is 81.4 Å². The largest absolute Gasteiger partial charge is 0.482 e. The summed E-state index contributed by atoms with van der Waals surface area (Å²) in [5.41, 5.74) is 6.35. The second-order valence-corrected chi connectivity index (χ2v) is 3.33. The van der Waals surface area contributed by atoms with E-state index in [2.05, 4.69) is 5.32 Å². The standard InChI is InChI=1S/C11H10N2O3/c12-10(14)4-2-7-1-3-9-8(5-7)13-11(15)6-16-9/h1-5H,6H2,(H2,12,14)(H,13,15). The number of carbonyl (C=O) groups is 2. The van der Waals surface area contributed by atoms with E-state index >= 15 is 0 Å². The molecule has 1 aliphatic heterocycles. The first kappa shape index (κ1) is 10.2. The van der Waals surface area contributed by atoms with Crippen LogP contribution in [-0.2, 0) is 9.59 Å². The van der Waals surface area contributed by atoms with E-state index in [1.165, 1.54) is 6.08 Å². The van der Waals surface area contributed by atoms with Gasteiger partial charge in [-0.15, -0.1) is 0 Å². The lowest BCUT2D eigenvalue weighted by Gasteiger charge is -2.17. The molecule has 1 aromatic carbocycles. The lowest BCUT2D eigenvalue weighted by molar-refractivity contribution is -0.118. The van der Waals surface area contributed by atoms with Gasteiger partial charge >= 0.3 is 0 Å². The zero-order valence-electron chi connectivity index (χ0n) is 8.40. The molecule has 82 valence electrons. The maximum atomic E-state index is 11.1. The molecule has 5 nitrogen and oxygen atoms in total. The molecule has 0 fully saturated rings. The lowest BCUT2D eigenvalue weighted by atomic mass is 10.1. The summed E-state index contributed by atoms with van der Waals surface area (Å²) in [6, 6.07) is 5.22. The van der Waals surface area contributed by atoms with E-state index in [4.69, 9.17) is 10.5 Å². The molecule has 0 bridgehead atoms. The fourth-order valence-electron chi connectivity index (χ4n) is 1.38. The van der Waals surface area contributed by atoms with Gasteiger partial charge in [0.2, 0.25) is 5.91 Å². The van der Waals surface area contributed by atoms with Crippen LogP contribution < -0.4 is 15.8 Å². The molecular weight excluding hydrogens is 208 g/mol. The number of hydrogen-bond donors (Lipinski definition) is 2. The van der Waals surface area contributed by atoms with Gasteiger partial charge in [-0.2, -0.15) is 0 Å². The van der Waals surface area contributed by atoms with E-state index in [-0.39, 0.29) is 12.5 Å². The molecule has 0 saturated heterocycles. The highest BCUT2D eigenvalue weighted by atomic mass is 16.5. The van der Waals surface area contributed by atoms with Crippen LogP contribution in [0.4, 0.5) is 5.69 Å². The van der Waals surface area contributed by atoms with Gasteiger partial charge in [0, 0.05) is 6.08 Å². The van der Waals surface area contributed by atoms with E-state index in [9.17, 15) is 9.59 Å². The molecule has 16 heavy (non-hydrogen) atoms. The fourth-order valence-corrected chi connectivity index (χ4v) is 1.38. The number of hydrogen-bond acceptors (Lipinski definition) is 3. The summed E-state index contributed by atoms with van der Waals surface area (Å²) in [6.07, 6.45) is 2.83. The Labute approximate surface area is 91.9 Å². The van der Waals surface area contributed by atoms with Crippen LogP contribution in [-0.4, -0.2) is 18.4 Å². The van der Waals surface area contributed by atoms with Crippen LogP contribution in [0, 0.1) is 0 Å². The highest BCUT2D eigenvalue weighted by Crippen LogP contribution is 2.28. The Morgan fingerprint density at radius 3 is 3.06 bits per heavy atom. The van der Waals surface area contributed by atoms with Crippen LogP contribution in [0.5, 0.6) is 5.75 Å². The van der Waals surface area contributed by atoms with Crippen molar-refractivity contribution in [2.75, 3.05) is 11.9 Å². The number of ether oxygens (including phenoxy) is 1. The van der Waals surface area contributed by atoms with Crippen molar-refractivity contribution in [3.05, 3.63) is 29.8 Å². The molecule has 0 spiro atoms. The molecule has 2 amide bonds. The van der Waals surface area contributed by atoms with Gasteiger partial charge in [-0.25, -0.2) is 0 Å². The summed E-state index contributed by atoms with van der Waals surface area (Å²) in [6.45, 7) is 0.0312. The van der Waals surface area contributed by atoms with Crippen molar-refractivity contribution in [3.8, 4) is 5.75 Å². The maximum absolute atomic E-state index is 11.1. The molecule has 1 aliphatic rings. The summed E-state index contributed by atoms with van der Waals surface area (Å²) < 4.78 is 5.19. The Balaban J connectivity index is 2.27. The number of primary amides is 1. The fraction of sp³-hybridized carbons (Fsp3) is 0.0909. The molecule has 1 heterocycles. The Morgan fingerprint density at radius 2 is 2.31 bits per heavy atom. The third-order valence-electron chi connectivity index (χ3n) is 2.08. The summed E-state index contributed by atoms with van der Waals surface area (Å²) in [5.74, 6) is -0.0858. The van der Waals surface area contributed by atoms with Gasteiger partial charge in [0.1, 0.15) is 5.75 Å². The number of benzene rings is 1. The average molecular weight is 218 g/mol. The van der Waals surface area contributed by atoms with E-state index < -0.39 is 5.91 Å². The second-order valence-electron chi connectivity index (χ2n) is 3.33. The molecule has 0 saturated carbocycles. The van der Waals surface area contributed by atoms with Crippen LogP contribution in [0.3, 0.4) is 0 Å². The van der Waals surface area contributed by atoms with Crippen LogP contribution in [0.2, 0.25) is 0 Å². The molecule has 0 radical (unpaired) electrons. The smallest absolute Gasteiger partial charge is 0.262 e. The Bertz CT molecular complexity index is 480. The first-order chi connectivity index (χ1) is 7.65. The minimum atomic E-state index is -0.516. The van der Waals surface area contributed by atoms with Gasteiger partial charge in [0.05, 0.1) is 5.69 Å². The molecule has 3 N–H and O–H groups in total. The van der Waals surface area contributed by atoms with Crippen molar-refractivity contribution >= 4 is 23.6 Å².